The number of hydrogen-bond acceptors (Lipinski definition) is 11. The number of carbonyl (C=O) groups is 3. The zero-order valence-corrected chi connectivity index (χ0v) is 33.2. The van der Waals surface area contributed by atoms with Crippen molar-refractivity contribution in [3.63, 3.8) is 0 Å². The number of β-amino-alcohol motifs (C(OH)–C–C–N with tert-alkyl or cyclic N) is 1. The summed E-state index contributed by atoms with van der Waals surface area (Å²) in [6.07, 6.45) is 3.50. The molecule has 18 heteroatoms. The second kappa shape index (κ2) is 19.4. The third kappa shape index (κ3) is 12.3. The maximum Gasteiger partial charge on any atom is 0.472 e. The molecule has 0 spiro atoms. The Hall–Kier alpha value is -1.45. The maximum atomic E-state index is 13.2. The molecule has 0 radical (unpaired) electrons. The molecule has 3 heterocycles. The third-order valence-corrected chi connectivity index (χ3v) is 13.0. The highest BCUT2D eigenvalue weighted by Gasteiger charge is 2.43. The number of phosphoric acid groups is 2. The Labute approximate surface area is 308 Å². The number of carbonyl (C=O) groups excluding carboxylic acids is 3. The Kier molecular flexibility index (Phi) is 16.2. The molecule has 4 fully saturated rings. The Morgan fingerprint density at radius 3 is 1.65 bits per heavy atom. The van der Waals surface area contributed by atoms with Gasteiger partial charge >= 0.3 is 15.6 Å². The van der Waals surface area contributed by atoms with Crippen molar-refractivity contribution in [3.05, 3.63) is 0 Å². The average Bonchev–Trinajstić information content (AvgIpc) is 3.81. The molecule has 16 nitrogen and oxygen atoms in total. The lowest BCUT2D eigenvalue weighted by molar-refractivity contribution is -0.134. The molecule has 0 aromatic carbocycles. The van der Waals surface area contributed by atoms with Gasteiger partial charge in [0, 0.05) is 44.9 Å². The number of nitrogens with zero attached hydrogens (tertiary/aromatic N) is 3. The molecular formula is C34H61N3O13P2. The number of phosphoric ester groups is 2. The number of rotatable bonds is 18. The van der Waals surface area contributed by atoms with Gasteiger partial charge in [-0.3, -0.25) is 32.5 Å². The van der Waals surface area contributed by atoms with E-state index in [9.17, 15) is 38.4 Å². The largest absolute Gasteiger partial charge is 0.472 e. The van der Waals surface area contributed by atoms with Crippen LogP contribution in [0.2, 0.25) is 0 Å². The minimum Gasteiger partial charge on any atom is -0.391 e. The fourth-order valence-corrected chi connectivity index (χ4v) is 9.88. The maximum absolute atomic E-state index is 13.2. The third-order valence-electron chi connectivity index (χ3n) is 10.9. The molecule has 300 valence electrons. The predicted molar refractivity (Wildman–Crippen MR) is 190 cm³/mol. The first kappa shape index (κ1) is 43.3. The van der Waals surface area contributed by atoms with E-state index in [1.54, 1.807) is 30.6 Å². The first-order chi connectivity index (χ1) is 24.5. The van der Waals surface area contributed by atoms with Crippen molar-refractivity contribution in [2.75, 3.05) is 39.5 Å². The summed E-state index contributed by atoms with van der Waals surface area (Å²) < 4.78 is 53.8. The second-order valence-corrected chi connectivity index (χ2v) is 17.8. The quantitative estimate of drug-likeness (QED) is 0.169. The van der Waals surface area contributed by atoms with E-state index in [0.717, 1.165) is 25.7 Å². The summed E-state index contributed by atoms with van der Waals surface area (Å²) in [6, 6.07) is -1.38. The van der Waals surface area contributed by atoms with Crippen LogP contribution in [-0.4, -0.2) is 129 Å². The van der Waals surface area contributed by atoms with E-state index in [4.69, 9.17) is 22.8 Å². The Morgan fingerprint density at radius 2 is 1.15 bits per heavy atom. The smallest absolute Gasteiger partial charge is 0.391 e. The van der Waals surface area contributed by atoms with E-state index in [2.05, 4.69) is 13.8 Å². The first-order valence-corrected chi connectivity index (χ1v) is 22.0. The van der Waals surface area contributed by atoms with E-state index in [1.165, 1.54) is 4.90 Å². The van der Waals surface area contributed by atoms with Crippen LogP contribution in [0.5, 0.6) is 0 Å². The van der Waals surface area contributed by atoms with Crippen molar-refractivity contribution in [2.24, 2.45) is 11.8 Å². The fourth-order valence-electron chi connectivity index (χ4n) is 8.00. The number of likely N-dealkylation sites (tertiary alicyclic amines) is 3. The van der Waals surface area contributed by atoms with Crippen molar-refractivity contribution in [2.45, 2.75) is 148 Å². The second-order valence-electron chi connectivity index (χ2n) is 14.9. The van der Waals surface area contributed by atoms with Gasteiger partial charge in [-0.15, -0.1) is 0 Å². The number of hydrogen-bond donors (Lipinski definition) is 3. The van der Waals surface area contributed by atoms with Gasteiger partial charge in [0.05, 0.1) is 56.3 Å². The van der Waals surface area contributed by atoms with Crippen molar-refractivity contribution in [1.82, 2.24) is 14.7 Å². The van der Waals surface area contributed by atoms with E-state index in [-0.39, 0.29) is 94.3 Å². The number of ether oxygens (including phenoxy) is 1. The molecule has 3 saturated heterocycles. The van der Waals surface area contributed by atoms with Gasteiger partial charge in [0.15, 0.2) is 0 Å². The van der Waals surface area contributed by atoms with E-state index >= 15 is 0 Å². The molecule has 3 amide bonds. The average molecular weight is 782 g/mol. The van der Waals surface area contributed by atoms with Crippen LogP contribution in [0.1, 0.15) is 105 Å². The summed E-state index contributed by atoms with van der Waals surface area (Å²) in [5.74, 6) is 0.817. The molecule has 4 aliphatic rings. The highest BCUT2D eigenvalue weighted by atomic mass is 31.2. The SMILES string of the molecule is CCC(=O)N1C[C@H](O)C[C@H]1CCOP(=O)(O)O[C@@H]1C[C@@H](COP(=O)(O)O[C@@H]2C[C@@H](COC3CCC(C(C)C)CC3)N(C(=O)CC)C2)N(C(=O)CC)C1. The van der Waals surface area contributed by atoms with Crippen molar-refractivity contribution in [1.29, 1.82) is 0 Å². The van der Waals surface area contributed by atoms with Crippen LogP contribution in [0, 0.1) is 11.8 Å². The highest BCUT2D eigenvalue weighted by molar-refractivity contribution is 7.47. The number of amides is 3. The van der Waals surface area contributed by atoms with Crippen LogP contribution in [0.4, 0.5) is 0 Å². The van der Waals surface area contributed by atoms with Crippen LogP contribution in [0.15, 0.2) is 0 Å². The molecule has 1 saturated carbocycles. The zero-order chi connectivity index (χ0) is 38.2. The molecular weight excluding hydrogens is 720 g/mol. The normalized spacial score (nSPS) is 32.0. The van der Waals surface area contributed by atoms with Gasteiger partial charge in [0.25, 0.3) is 0 Å². The zero-order valence-electron chi connectivity index (χ0n) is 31.4. The molecule has 2 unspecified atom stereocenters. The monoisotopic (exact) mass is 781 g/mol. The molecule has 52 heavy (non-hydrogen) atoms. The first-order valence-electron chi connectivity index (χ1n) is 19.0. The summed E-state index contributed by atoms with van der Waals surface area (Å²) >= 11 is 0. The topological polar surface area (TPSA) is 202 Å². The summed E-state index contributed by atoms with van der Waals surface area (Å²) in [7, 11) is -9.24. The molecule has 0 bridgehead atoms. The van der Waals surface area contributed by atoms with E-state index in [1.807, 2.05) is 0 Å². The van der Waals surface area contributed by atoms with Gasteiger partial charge in [0.2, 0.25) is 17.7 Å². The summed E-state index contributed by atoms with van der Waals surface area (Å²) in [5, 5.41) is 10.0. The van der Waals surface area contributed by atoms with Crippen LogP contribution < -0.4 is 0 Å². The lowest BCUT2D eigenvalue weighted by Crippen LogP contribution is -2.39. The lowest BCUT2D eigenvalue weighted by Gasteiger charge is -2.32. The molecule has 0 aromatic heterocycles. The number of aliphatic hydroxyl groups is 1. The van der Waals surface area contributed by atoms with Gasteiger partial charge < -0.3 is 34.3 Å². The van der Waals surface area contributed by atoms with Crippen LogP contribution in [0.3, 0.4) is 0 Å². The molecule has 4 rings (SSSR count). The van der Waals surface area contributed by atoms with Crippen molar-refractivity contribution < 1.29 is 61.2 Å². The van der Waals surface area contributed by atoms with Gasteiger partial charge in [-0.2, -0.15) is 0 Å². The molecule has 1 aliphatic carbocycles. The Balaban J connectivity index is 1.26. The minimum atomic E-state index is -4.65. The van der Waals surface area contributed by atoms with Gasteiger partial charge in [-0.1, -0.05) is 34.6 Å². The summed E-state index contributed by atoms with van der Waals surface area (Å²) in [5.41, 5.74) is 0. The van der Waals surface area contributed by atoms with Crippen molar-refractivity contribution in [3.8, 4) is 0 Å². The molecule has 0 aromatic rings. The predicted octanol–water partition coefficient (Wildman–Crippen LogP) is 4.01. The fraction of sp³-hybridized carbons (Fsp3) is 0.912. The van der Waals surface area contributed by atoms with Gasteiger partial charge in [0.1, 0.15) is 0 Å². The minimum absolute atomic E-state index is 0.0357. The van der Waals surface area contributed by atoms with Crippen LogP contribution in [0.25, 0.3) is 0 Å². The molecule has 3 N–H and O–H groups in total. The molecule has 8 atom stereocenters. The summed E-state index contributed by atoms with van der Waals surface area (Å²) in [6.45, 7) is 9.62. The summed E-state index contributed by atoms with van der Waals surface area (Å²) in [4.78, 5) is 63.5. The molecule has 3 aliphatic heterocycles. The van der Waals surface area contributed by atoms with E-state index < -0.39 is 46.6 Å². The van der Waals surface area contributed by atoms with Gasteiger partial charge in [-0.25, -0.2) is 9.13 Å². The standard InChI is InChI=1S/C34H61N3O13P2/c1-6-32(39)35-18-28(38)15-25(35)13-14-47-51(42,43)49-31-17-27(37(20-31)34(41)8-3)22-48-52(44,45)50-30-16-26(36(19-30)33(40)7-2)21-46-29-11-9-24(10-12-29)23(4)5/h23-31,38H,6-22H2,1-5H3,(H,42,43)(H,44,45)/t24?,25-,26+,27+,28-,29?,30-,31-/m1/s1. The Bertz CT molecular complexity index is 1300. The number of aliphatic hydroxyl groups excluding tert-OH is 1. The van der Waals surface area contributed by atoms with Crippen molar-refractivity contribution >= 4 is 33.4 Å². The Morgan fingerprint density at radius 1 is 0.673 bits per heavy atom. The van der Waals surface area contributed by atoms with Crippen LogP contribution in [-0.2, 0) is 46.3 Å². The van der Waals surface area contributed by atoms with Gasteiger partial charge in [-0.05, 0) is 63.2 Å². The van der Waals surface area contributed by atoms with E-state index in [0.29, 0.717) is 31.3 Å². The lowest BCUT2D eigenvalue weighted by atomic mass is 9.80. The highest BCUT2D eigenvalue weighted by Crippen LogP contribution is 2.49. The van der Waals surface area contributed by atoms with Crippen LogP contribution >= 0.6 is 15.6 Å².